The van der Waals surface area contributed by atoms with Crippen molar-refractivity contribution < 1.29 is 14.1 Å². The lowest BCUT2D eigenvalue weighted by molar-refractivity contribution is -0.384. The van der Waals surface area contributed by atoms with Crippen molar-refractivity contribution in [1.29, 1.82) is 0 Å². The molecule has 1 aliphatic rings. The molecule has 1 aromatic rings. The Hall–Kier alpha value is -1.70. The Labute approximate surface area is 116 Å². The predicted octanol–water partition coefficient (Wildman–Crippen LogP) is 2.19. The molecule has 1 saturated heterocycles. The Morgan fingerprint density at radius 1 is 1.58 bits per heavy atom. The molecule has 0 radical (unpaired) electrons. The molecule has 0 aromatic heterocycles. The van der Waals surface area contributed by atoms with Gasteiger partial charge >= 0.3 is 0 Å². The zero-order valence-electron chi connectivity index (χ0n) is 9.78. The molecule has 19 heavy (non-hydrogen) atoms. The van der Waals surface area contributed by atoms with E-state index in [1.54, 1.807) is 0 Å². The number of anilines is 1. The van der Waals surface area contributed by atoms with E-state index in [2.05, 4.69) is 26.6 Å². The van der Waals surface area contributed by atoms with Crippen LogP contribution in [0.25, 0.3) is 0 Å². The van der Waals surface area contributed by atoms with Crippen molar-refractivity contribution >= 4 is 33.2 Å². The monoisotopic (exact) mass is 331 g/mol. The Morgan fingerprint density at radius 2 is 2.32 bits per heavy atom. The molecule has 102 valence electrons. The van der Waals surface area contributed by atoms with E-state index >= 15 is 0 Å². The van der Waals surface area contributed by atoms with Gasteiger partial charge in [0, 0.05) is 19.0 Å². The molecule has 0 aliphatic carbocycles. The highest BCUT2D eigenvalue weighted by molar-refractivity contribution is 9.10. The molecule has 1 fully saturated rings. The summed E-state index contributed by atoms with van der Waals surface area (Å²) in [5.74, 6) is -0.715. The maximum Gasteiger partial charge on any atom is 0.295 e. The molecular weight excluding hydrogens is 321 g/mol. The Morgan fingerprint density at radius 3 is 2.89 bits per heavy atom. The zero-order chi connectivity index (χ0) is 14.0. The minimum atomic E-state index is -0.689. The van der Waals surface area contributed by atoms with Gasteiger partial charge in [-0.1, -0.05) is 0 Å². The van der Waals surface area contributed by atoms with Gasteiger partial charge in [0.05, 0.1) is 15.5 Å². The van der Waals surface area contributed by atoms with Crippen LogP contribution in [0.1, 0.15) is 12.8 Å². The molecule has 0 spiro atoms. The zero-order valence-corrected chi connectivity index (χ0v) is 11.4. The van der Waals surface area contributed by atoms with Gasteiger partial charge in [-0.3, -0.25) is 14.9 Å². The minimum Gasteiger partial charge on any atom is -0.377 e. The first-order chi connectivity index (χ1) is 8.97. The lowest BCUT2D eigenvalue weighted by atomic mass is 10.2. The van der Waals surface area contributed by atoms with E-state index < -0.39 is 10.7 Å². The Balaban J connectivity index is 2.12. The van der Waals surface area contributed by atoms with Crippen molar-refractivity contribution in [2.75, 3.05) is 11.9 Å². The van der Waals surface area contributed by atoms with E-state index in [1.807, 2.05) is 0 Å². The fraction of sp³-hybridized carbons (Fsp3) is 0.364. The van der Waals surface area contributed by atoms with E-state index in [1.165, 1.54) is 6.07 Å². The van der Waals surface area contributed by atoms with Crippen LogP contribution in [0.3, 0.4) is 0 Å². The highest BCUT2D eigenvalue weighted by atomic mass is 79.9. The van der Waals surface area contributed by atoms with E-state index in [0.717, 1.165) is 6.07 Å². The first kappa shape index (κ1) is 13.7. The maximum absolute atomic E-state index is 13.3. The van der Waals surface area contributed by atoms with Gasteiger partial charge in [-0.25, -0.2) is 4.39 Å². The van der Waals surface area contributed by atoms with Crippen LogP contribution < -0.4 is 10.6 Å². The number of hydrogen-bond donors (Lipinski definition) is 2. The molecule has 8 heteroatoms. The van der Waals surface area contributed by atoms with Gasteiger partial charge in [0.2, 0.25) is 5.91 Å². The normalized spacial score (nSPS) is 18.2. The number of rotatable bonds is 4. The number of nitrogens with zero attached hydrogens (tertiary/aromatic N) is 1. The second-order valence-electron chi connectivity index (χ2n) is 4.22. The van der Waals surface area contributed by atoms with E-state index in [-0.39, 0.29) is 27.8 Å². The minimum absolute atomic E-state index is 0.0263. The number of carbonyl (C=O) groups excluding carboxylic acids is 1. The van der Waals surface area contributed by atoms with Gasteiger partial charge in [-0.2, -0.15) is 0 Å². The highest BCUT2D eigenvalue weighted by Crippen LogP contribution is 2.30. The largest absolute Gasteiger partial charge is 0.377 e. The van der Waals surface area contributed by atoms with Crippen molar-refractivity contribution in [3.8, 4) is 0 Å². The molecule has 1 aromatic carbocycles. The van der Waals surface area contributed by atoms with E-state index in [0.29, 0.717) is 19.4 Å². The lowest BCUT2D eigenvalue weighted by Crippen LogP contribution is -2.31. The van der Waals surface area contributed by atoms with Crippen LogP contribution in [0.2, 0.25) is 0 Å². The molecule has 1 aliphatic heterocycles. The number of nitrogens with one attached hydrogen (secondary N) is 2. The SMILES string of the molecule is O=C1CCC(CNc2cc(Br)c(F)cc2[N+](=O)[O-])N1. The van der Waals surface area contributed by atoms with Crippen molar-refractivity contribution in [3.63, 3.8) is 0 Å². The van der Waals surface area contributed by atoms with Crippen LogP contribution in [-0.2, 0) is 4.79 Å². The number of carbonyl (C=O) groups is 1. The quantitative estimate of drug-likeness (QED) is 0.654. The summed E-state index contributed by atoms with van der Waals surface area (Å²) in [4.78, 5) is 21.2. The summed E-state index contributed by atoms with van der Waals surface area (Å²) in [5, 5.41) is 16.5. The lowest BCUT2D eigenvalue weighted by Gasteiger charge is -2.13. The standard InChI is InChI=1S/C11H11BrFN3O3/c12-7-3-9(10(16(18)19)4-8(7)13)14-5-6-1-2-11(17)15-6/h3-4,6,14H,1-2,5H2,(H,15,17). The third-order valence-corrected chi connectivity index (χ3v) is 3.47. The van der Waals surface area contributed by atoms with Crippen LogP contribution in [0.4, 0.5) is 15.8 Å². The number of amides is 1. The molecule has 0 saturated carbocycles. The molecule has 2 rings (SSSR count). The fourth-order valence-electron chi connectivity index (χ4n) is 1.89. The summed E-state index contributed by atoms with van der Waals surface area (Å²) in [5.41, 5.74) is -0.107. The Kier molecular flexibility index (Phi) is 3.98. The maximum atomic E-state index is 13.3. The van der Waals surface area contributed by atoms with Gasteiger partial charge in [0.25, 0.3) is 5.69 Å². The summed E-state index contributed by atoms with van der Waals surface area (Å²) in [7, 11) is 0. The second kappa shape index (κ2) is 5.52. The summed E-state index contributed by atoms with van der Waals surface area (Å²) >= 11 is 2.99. The smallest absolute Gasteiger partial charge is 0.295 e. The van der Waals surface area contributed by atoms with Crippen LogP contribution in [0, 0.1) is 15.9 Å². The third-order valence-electron chi connectivity index (χ3n) is 2.86. The number of nitro groups is 1. The van der Waals surface area contributed by atoms with Gasteiger partial charge in [0.1, 0.15) is 11.5 Å². The summed E-state index contributed by atoms with van der Waals surface area (Å²) in [6, 6.07) is 2.13. The molecule has 0 bridgehead atoms. The van der Waals surface area contributed by atoms with Crippen LogP contribution >= 0.6 is 15.9 Å². The molecule has 1 amide bonds. The highest BCUT2D eigenvalue weighted by Gasteiger charge is 2.22. The summed E-state index contributed by atoms with van der Waals surface area (Å²) < 4.78 is 13.4. The predicted molar refractivity (Wildman–Crippen MR) is 70.4 cm³/mol. The van der Waals surface area contributed by atoms with Crippen LogP contribution in [0.5, 0.6) is 0 Å². The number of benzene rings is 1. The molecule has 1 atom stereocenters. The molecule has 2 N–H and O–H groups in total. The number of halogens is 2. The van der Waals surface area contributed by atoms with Crippen molar-refractivity contribution in [1.82, 2.24) is 5.32 Å². The molecular formula is C11H11BrFN3O3. The average molecular weight is 332 g/mol. The topological polar surface area (TPSA) is 84.3 Å². The van der Waals surface area contributed by atoms with Crippen molar-refractivity contribution in [3.05, 3.63) is 32.5 Å². The van der Waals surface area contributed by atoms with Gasteiger partial charge < -0.3 is 10.6 Å². The number of nitro benzene ring substituents is 1. The molecule has 1 unspecified atom stereocenters. The summed E-state index contributed by atoms with van der Waals surface area (Å²) in [6.45, 7) is 0.366. The first-order valence-electron chi connectivity index (χ1n) is 5.64. The van der Waals surface area contributed by atoms with Crippen LogP contribution in [-0.4, -0.2) is 23.4 Å². The molecule has 6 nitrogen and oxygen atoms in total. The van der Waals surface area contributed by atoms with Gasteiger partial charge in [-0.05, 0) is 28.4 Å². The van der Waals surface area contributed by atoms with Crippen LogP contribution in [0.15, 0.2) is 16.6 Å². The Bertz CT molecular complexity index is 538. The van der Waals surface area contributed by atoms with E-state index in [4.69, 9.17) is 0 Å². The second-order valence-corrected chi connectivity index (χ2v) is 5.08. The first-order valence-corrected chi connectivity index (χ1v) is 6.43. The van der Waals surface area contributed by atoms with Gasteiger partial charge in [0.15, 0.2) is 0 Å². The third kappa shape index (κ3) is 3.19. The summed E-state index contributed by atoms with van der Waals surface area (Å²) in [6.07, 6.45) is 1.14. The molecule has 1 heterocycles. The van der Waals surface area contributed by atoms with Crippen molar-refractivity contribution in [2.45, 2.75) is 18.9 Å². The fourth-order valence-corrected chi connectivity index (χ4v) is 2.24. The van der Waals surface area contributed by atoms with Gasteiger partial charge in [-0.15, -0.1) is 0 Å². The van der Waals surface area contributed by atoms with E-state index in [9.17, 15) is 19.3 Å². The number of hydrogen-bond acceptors (Lipinski definition) is 4. The van der Waals surface area contributed by atoms with Crippen molar-refractivity contribution in [2.24, 2.45) is 0 Å². The average Bonchev–Trinajstić information content (AvgIpc) is 2.76.